The number of hydrogen-bond acceptors (Lipinski definition) is 0. The van der Waals surface area contributed by atoms with Gasteiger partial charge in [-0.2, -0.15) is 0 Å². The molecule has 0 atom stereocenters. The molecule has 0 radical (unpaired) electrons. The Labute approximate surface area is 99.8 Å². The molecule has 0 aliphatic rings. The molecule has 0 amide bonds. The van der Waals surface area contributed by atoms with E-state index in [-0.39, 0.29) is 0 Å². The number of pyridine rings is 2. The predicted molar refractivity (Wildman–Crippen MR) is 63.4 cm³/mol. The summed E-state index contributed by atoms with van der Waals surface area (Å²) in [4.78, 5) is 0. The molecule has 0 spiro atoms. The fraction of sp³-hybridized carbons (Fsp3) is 0. The second-order valence-corrected chi connectivity index (χ2v) is 3.75. The van der Waals surface area contributed by atoms with E-state index in [9.17, 15) is 0 Å². The van der Waals surface area contributed by atoms with Crippen LogP contribution >= 0.6 is 0 Å². The van der Waals surface area contributed by atoms with Crippen LogP contribution in [0.25, 0.3) is 5.82 Å². The lowest BCUT2D eigenvalue weighted by atomic mass is 10.5. The van der Waals surface area contributed by atoms with Gasteiger partial charge < -0.3 is 0 Å². The molecule has 17 heavy (non-hydrogen) atoms. The summed E-state index contributed by atoms with van der Waals surface area (Å²) in [6, 6.07) is 16.2. The van der Waals surface area contributed by atoms with Crippen molar-refractivity contribution >= 4 is 0 Å². The lowest BCUT2D eigenvalue weighted by Gasteiger charge is -1.96. The minimum absolute atomic E-state index is 1.10. The van der Waals surface area contributed by atoms with Crippen molar-refractivity contribution in [1.82, 2.24) is 4.68 Å². The smallest absolute Gasteiger partial charge is 0.202 e. The summed E-state index contributed by atoms with van der Waals surface area (Å²) in [5.41, 5.74) is 0. The average Bonchev–Trinajstić information content (AvgIpc) is 2.90. The molecule has 0 aliphatic carbocycles. The molecule has 3 rings (SSSR count). The third-order valence-corrected chi connectivity index (χ3v) is 2.64. The van der Waals surface area contributed by atoms with Gasteiger partial charge in [0.25, 0.3) is 0 Å². The van der Waals surface area contributed by atoms with Gasteiger partial charge in [-0.1, -0.05) is 12.1 Å². The van der Waals surface area contributed by atoms with Crippen LogP contribution < -0.4 is 9.24 Å². The first-order valence-corrected chi connectivity index (χ1v) is 5.56. The molecule has 0 aromatic carbocycles. The third-order valence-electron chi connectivity index (χ3n) is 2.64. The summed E-state index contributed by atoms with van der Waals surface area (Å²) < 4.78 is 6.20. The Morgan fingerprint density at radius 2 is 1.35 bits per heavy atom. The lowest BCUT2D eigenvalue weighted by molar-refractivity contribution is -0.747. The van der Waals surface area contributed by atoms with E-state index < -0.39 is 0 Å². The molecule has 3 aromatic heterocycles. The third kappa shape index (κ3) is 1.83. The molecule has 0 N–H and O–H groups in total. The van der Waals surface area contributed by atoms with Gasteiger partial charge in [0.2, 0.25) is 12.4 Å². The van der Waals surface area contributed by atoms with Crippen molar-refractivity contribution in [2.45, 2.75) is 0 Å². The van der Waals surface area contributed by atoms with Gasteiger partial charge in [-0.25, -0.2) is 4.57 Å². The molecular formula is C14H13N3+2. The minimum atomic E-state index is 1.10. The Kier molecular flexibility index (Phi) is 2.43. The van der Waals surface area contributed by atoms with Gasteiger partial charge >= 0.3 is 5.82 Å². The van der Waals surface area contributed by atoms with E-state index >= 15 is 0 Å². The van der Waals surface area contributed by atoms with E-state index in [1.807, 2.05) is 78.1 Å². The highest BCUT2D eigenvalue weighted by molar-refractivity contribution is 5.12. The second kappa shape index (κ2) is 4.22. The van der Waals surface area contributed by atoms with Crippen LogP contribution in [0.2, 0.25) is 0 Å². The van der Waals surface area contributed by atoms with Crippen LogP contribution in [-0.2, 0) is 0 Å². The van der Waals surface area contributed by atoms with Gasteiger partial charge in [0, 0.05) is 22.9 Å². The van der Waals surface area contributed by atoms with Gasteiger partial charge in [-0.05, 0) is 22.9 Å². The molecule has 0 saturated heterocycles. The van der Waals surface area contributed by atoms with Crippen molar-refractivity contribution in [3.8, 4) is 5.82 Å². The second-order valence-electron chi connectivity index (χ2n) is 3.75. The number of nitrogens with zero attached hydrogens (tertiary/aromatic N) is 3. The number of aromatic nitrogens is 3. The molecule has 0 bridgehead atoms. The number of rotatable bonds is 2. The Balaban J connectivity index is 2.13. The van der Waals surface area contributed by atoms with E-state index in [4.69, 9.17) is 0 Å². The van der Waals surface area contributed by atoms with Crippen LogP contribution in [0, 0.1) is 0 Å². The summed E-state index contributed by atoms with van der Waals surface area (Å²) in [5.74, 6) is 1.10. The highest BCUT2D eigenvalue weighted by Gasteiger charge is 2.18. The van der Waals surface area contributed by atoms with Crippen LogP contribution in [-0.4, -0.2) is 4.68 Å². The fourth-order valence-electron chi connectivity index (χ4n) is 1.85. The molecule has 82 valence electrons. The van der Waals surface area contributed by atoms with E-state index in [1.165, 1.54) is 0 Å². The quantitative estimate of drug-likeness (QED) is 0.582. The van der Waals surface area contributed by atoms with Crippen molar-refractivity contribution in [3.63, 3.8) is 0 Å². The lowest BCUT2D eigenvalue weighted by Crippen LogP contribution is -2.46. The van der Waals surface area contributed by atoms with Gasteiger partial charge in [0.1, 0.15) is 0 Å². The maximum atomic E-state index is 2.08. The summed E-state index contributed by atoms with van der Waals surface area (Å²) >= 11 is 0. The van der Waals surface area contributed by atoms with E-state index in [1.54, 1.807) is 0 Å². The van der Waals surface area contributed by atoms with Crippen molar-refractivity contribution in [2.75, 3.05) is 0 Å². The molecule has 3 heterocycles. The first-order valence-electron chi connectivity index (χ1n) is 5.56. The molecule has 3 aromatic rings. The zero-order chi connectivity index (χ0) is 11.5. The number of hydrogen-bond donors (Lipinski definition) is 0. The van der Waals surface area contributed by atoms with Crippen LogP contribution in [0.4, 0.5) is 0 Å². The molecule has 3 heteroatoms. The maximum Gasteiger partial charge on any atom is 0.347 e. The molecule has 0 fully saturated rings. The first-order chi connectivity index (χ1) is 8.45. The topological polar surface area (TPSA) is 12.7 Å². The molecule has 0 saturated carbocycles. The summed E-state index contributed by atoms with van der Waals surface area (Å²) in [7, 11) is 0. The largest absolute Gasteiger partial charge is 0.347 e. The van der Waals surface area contributed by atoms with Gasteiger partial charge in [0.05, 0.1) is 12.4 Å². The van der Waals surface area contributed by atoms with Crippen molar-refractivity contribution in [3.05, 3.63) is 79.5 Å². The zero-order valence-electron chi connectivity index (χ0n) is 9.35. The fourth-order valence-corrected chi connectivity index (χ4v) is 1.85. The van der Waals surface area contributed by atoms with Crippen LogP contribution in [0.1, 0.15) is 0 Å². The van der Waals surface area contributed by atoms with Crippen molar-refractivity contribution in [2.24, 2.45) is 0 Å². The molecule has 3 nitrogen and oxygen atoms in total. The van der Waals surface area contributed by atoms with Crippen molar-refractivity contribution < 1.29 is 9.24 Å². The van der Waals surface area contributed by atoms with Gasteiger partial charge in [-0.3, -0.25) is 0 Å². The normalized spacial score (nSPS) is 10.4. The van der Waals surface area contributed by atoms with E-state index in [0.29, 0.717) is 0 Å². The van der Waals surface area contributed by atoms with Crippen LogP contribution in [0.3, 0.4) is 0 Å². The maximum absolute atomic E-state index is 2.08. The predicted octanol–water partition coefficient (Wildman–Crippen LogP) is 1.36. The Morgan fingerprint density at radius 1 is 0.706 bits per heavy atom. The Bertz CT molecular complexity index is 546. The SMILES string of the molecule is c1cc[n+](-c2cccn2-[n+]2ccccc2)cc1. The summed E-state index contributed by atoms with van der Waals surface area (Å²) in [6.45, 7) is 0. The van der Waals surface area contributed by atoms with Gasteiger partial charge in [-0.15, -0.1) is 0 Å². The van der Waals surface area contributed by atoms with Gasteiger partial charge in [0.15, 0.2) is 6.20 Å². The van der Waals surface area contributed by atoms with Crippen LogP contribution in [0.5, 0.6) is 0 Å². The summed E-state index contributed by atoms with van der Waals surface area (Å²) in [5, 5.41) is 0. The first kappa shape index (κ1) is 9.78. The molecule has 0 aliphatic heterocycles. The average molecular weight is 223 g/mol. The minimum Gasteiger partial charge on any atom is -0.202 e. The summed E-state index contributed by atoms with van der Waals surface area (Å²) in [6.07, 6.45) is 10.2. The van der Waals surface area contributed by atoms with E-state index in [0.717, 1.165) is 5.82 Å². The molecular weight excluding hydrogens is 210 g/mol. The monoisotopic (exact) mass is 223 g/mol. The highest BCUT2D eigenvalue weighted by Crippen LogP contribution is 1.98. The molecule has 0 unspecified atom stereocenters. The highest BCUT2D eigenvalue weighted by atomic mass is 15.5. The van der Waals surface area contributed by atoms with Crippen LogP contribution in [0.15, 0.2) is 79.5 Å². The standard InChI is InChI=1S/C14H13N3/c1-3-9-15(10-4-1)14-8-7-13-17(14)16-11-5-2-6-12-16/h1-13H/q+2. The zero-order valence-corrected chi connectivity index (χ0v) is 9.35. The van der Waals surface area contributed by atoms with E-state index in [2.05, 4.69) is 15.3 Å². The Morgan fingerprint density at radius 3 is 2.06 bits per heavy atom. The Hall–Kier alpha value is -2.42. The van der Waals surface area contributed by atoms with Crippen molar-refractivity contribution in [1.29, 1.82) is 0 Å².